The van der Waals surface area contributed by atoms with E-state index in [1.54, 1.807) is 30.3 Å². The van der Waals surface area contributed by atoms with Crippen molar-refractivity contribution in [3.05, 3.63) is 35.9 Å². The minimum Gasteiger partial charge on any atom is -0.480 e. The first kappa shape index (κ1) is 14.0. The highest BCUT2D eigenvalue weighted by Crippen LogP contribution is 2.17. The van der Waals surface area contributed by atoms with Gasteiger partial charge in [-0.1, -0.05) is 30.3 Å². The fourth-order valence-electron chi connectivity index (χ4n) is 2.06. The number of carbonyl (C=O) groups is 1. The zero-order chi connectivity index (χ0) is 13.9. The standard InChI is InChI=1S/C12H16N2O4S/c15-12(16)11(10-6-2-1-3-7-10)13-19(17,18)14-8-4-5-9-14/h1-3,6-7,11,13H,4-5,8-9H2,(H,15,16)/t11-/m0/s1. The molecule has 1 saturated heterocycles. The Labute approximate surface area is 112 Å². The van der Waals surface area contributed by atoms with E-state index in [1.165, 1.54) is 4.31 Å². The molecule has 1 aliphatic rings. The van der Waals surface area contributed by atoms with Gasteiger partial charge in [-0.05, 0) is 18.4 Å². The van der Waals surface area contributed by atoms with Crippen LogP contribution in [0.5, 0.6) is 0 Å². The second kappa shape index (κ2) is 5.68. The van der Waals surface area contributed by atoms with Crippen molar-refractivity contribution in [1.29, 1.82) is 0 Å². The van der Waals surface area contributed by atoms with Gasteiger partial charge in [0, 0.05) is 13.1 Å². The molecule has 0 radical (unpaired) electrons. The maximum atomic E-state index is 12.1. The van der Waals surface area contributed by atoms with Gasteiger partial charge >= 0.3 is 5.97 Å². The minimum absolute atomic E-state index is 0.415. The number of benzene rings is 1. The molecule has 0 aromatic heterocycles. The van der Waals surface area contributed by atoms with Gasteiger partial charge in [0.15, 0.2) is 0 Å². The summed E-state index contributed by atoms with van der Waals surface area (Å²) < 4.78 is 27.7. The molecule has 0 amide bonds. The van der Waals surface area contributed by atoms with Crippen molar-refractivity contribution in [1.82, 2.24) is 9.03 Å². The molecule has 2 rings (SSSR count). The zero-order valence-corrected chi connectivity index (χ0v) is 11.1. The van der Waals surface area contributed by atoms with E-state index in [4.69, 9.17) is 0 Å². The highest BCUT2D eigenvalue weighted by molar-refractivity contribution is 7.87. The van der Waals surface area contributed by atoms with Gasteiger partial charge in [0.25, 0.3) is 10.2 Å². The van der Waals surface area contributed by atoms with Gasteiger partial charge in [-0.3, -0.25) is 4.79 Å². The summed E-state index contributed by atoms with van der Waals surface area (Å²) in [5.74, 6) is -1.21. The molecule has 2 N–H and O–H groups in total. The molecular weight excluding hydrogens is 268 g/mol. The second-order valence-corrected chi connectivity index (χ2v) is 6.11. The number of hydrogen-bond donors (Lipinski definition) is 2. The highest BCUT2D eigenvalue weighted by atomic mass is 32.2. The third-order valence-electron chi connectivity index (χ3n) is 3.05. The van der Waals surface area contributed by atoms with Crippen molar-refractivity contribution < 1.29 is 18.3 Å². The minimum atomic E-state index is -3.75. The maximum Gasteiger partial charge on any atom is 0.326 e. The molecule has 1 aromatic carbocycles. The second-order valence-electron chi connectivity index (χ2n) is 4.41. The summed E-state index contributed by atoms with van der Waals surface area (Å²) >= 11 is 0. The van der Waals surface area contributed by atoms with Crippen LogP contribution in [0.25, 0.3) is 0 Å². The van der Waals surface area contributed by atoms with Gasteiger partial charge in [0.2, 0.25) is 0 Å². The van der Waals surface area contributed by atoms with E-state index >= 15 is 0 Å². The molecule has 0 bridgehead atoms. The molecule has 104 valence electrons. The van der Waals surface area contributed by atoms with E-state index in [-0.39, 0.29) is 0 Å². The Balaban J connectivity index is 2.20. The number of carboxylic acids is 1. The molecule has 1 aliphatic heterocycles. The van der Waals surface area contributed by atoms with Crippen LogP contribution in [0.2, 0.25) is 0 Å². The van der Waals surface area contributed by atoms with Crippen LogP contribution in [0.4, 0.5) is 0 Å². The number of nitrogens with zero attached hydrogens (tertiary/aromatic N) is 1. The molecule has 0 saturated carbocycles. The van der Waals surface area contributed by atoms with E-state index in [2.05, 4.69) is 4.72 Å². The summed E-state index contributed by atoms with van der Waals surface area (Å²) in [7, 11) is -3.75. The molecule has 0 spiro atoms. The lowest BCUT2D eigenvalue weighted by atomic mass is 10.1. The Bertz CT molecular complexity index is 538. The molecule has 7 heteroatoms. The number of carboxylic acid groups (broad SMARTS) is 1. The molecule has 1 aromatic rings. The first-order valence-corrected chi connectivity index (χ1v) is 7.50. The fraction of sp³-hybridized carbons (Fsp3) is 0.417. The molecular formula is C12H16N2O4S. The van der Waals surface area contributed by atoms with Crippen LogP contribution in [0.1, 0.15) is 24.4 Å². The first-order valence-electron chi connectivity index (χ1n) is 6.06. The first-order chi connectivity index (χ1) is 9.00. The Morgan fingerprint density at radius 3 is 2.32 bits per heavy atom. The van der Waals surface area contributed by atoms with Gasteiger partial charge in [0.05, 0.1) is 0 Å². The zero-order valence-electron chi connectivity index (χ0n) is 10.3. The van der Waals surface area contributed by atoms with Crippen molar-refractivity contribution in [2.75, 3.05) is 13.1 Å². The van der Waals surface area contributed by atoms with E-state index in [0.29, 0.717) is 18.7 Å². The summed E-state index contributed by atoms with van der Waals surface area (Å²) in [6, 6.07) is 7.02. The van der Waals surface area contributed by atoms with Crippen LogP contribution in [0.3, 0.4) is 0 Å². The molecule has 19 heavy (non-hydrogen) atoms. The lowest BCUT2D eigenvalue weighted by Gasteiger charge is -2.20. The van der Waals surface area contributed by atoms with Crippen molar-refractivity contribution in [3.63, 3.8) is 0 Å². The van der Waals surface area contributed by atoms with Gasteiger partial charge in [-0.25, -0.2) is 0 Å². The van der Waals surface area contributed by atoms with Crippen LogP contribution in [-0.4, -0.2) is 36.9 Å². The smallest absolute Gasteiger partial charge is 0.326 e. The molecule has 6 nitrogen and oxygen atoms in total. The van der Waals surface area contributed by atoms with E-state index in [0.717, 1.165) is 12.8 Å². The molecule has 0 unspecified atom stereocenters. The van der Waals surface area contributed by atoms with Crippen LogP contribution < -0.4 is 4.72 Å². The van der Waals surface area contributed by atoms with Gasteiger partial charge in [0.1, 0.15) is 6.04 Å². The van der Waals surface area contributed by atoms with E-state index in [9.17, 15) is 18.3 Å². The van der Waals surface area contributed by atoms with Crippen molar-refractivity contribution >= 4 is 16.2 Å². The fourth-order valence-corrected chi connectivity index (χ4v) is 3.48. The summed E-state index contributed by atoms with van der Waals surface area (Å²) in [6.45, 7) is 0.882. The topological polar surface area (TPSA) is 86.7 Å². The van der Waals surface area contributed by atoms with Crippen LogP contribution in [-0.2, 0) is 15.0 Å². The lowest BCUT2D eigenvalue weighted by Crippen LogP contribution is -2.43. The van der Waals surface area contributed by atoms with Crippen molar-refractivity contribution in [3.8, 4) is 0 Å². The number of hydrogen-bond acceptors (Lipinski definition) is 3. The monoisotopic (exact) mass is 284 g/mol. The molecule has 1 heterocycles. The van der Waals surface area contributed by atoms with E-state index in [1.807, 2.05) is 0 Å². The predicted octanol–water partition coefficient (Wildman–Crippen LogP) is 0.743. The van der Waals surface area contributed by atoms with E-state index < -0.39 is 22.2 Å². The normalized spacial score (nSPS) is 18.3. The van der Waals surface area contributed by atoms with Crippen molar-refractivity contribution in [2.24, 2.45) is 0 Å². The summed E-state index contributed by atoms with van der Waals surface area (Å²) in [5, 5.41) is 9.19. The highest BCUT2D eigenvalue weighted by Gasteiger charge is 2.31. The van der Waals surface area contributed by atoms with Gasteiger partial charge < -0.3 is 5.11 Å². The van der Waals surface area contributed by atoms with Crippen LogP contribution in [0, 0.1) is 0 Å². The third-order valence-corrected chi connectivity index (χ3v) is 4.63. The SMILES string of the molecule is O=C(O)[C@@H](NS(=O)(=O)N1CCCC1)c1ccccc1. The average Bonchev–Trinajstić information content (AvgIpc) is 2.91. The summed E-state index contributed by atoms with van der Waals surface area (Å²) in [5.41, 5.74) is 0.415. The summed E-state index contributed by atoms with van der Waals surface area (Å²) in [6.07, 6.45) is 1.62. The Morgan fingerprint density at radius 1 is 1.21 bits per heavy atom. The molecule has 1 fully saturated rings. The number of nitrogens with one attached hydrogen (secondary N) is 1. The Kier molecular flexibility index (Phi) is 4.18. The van der Waals surface area contributed by atoms with Gasteiger partial charge in [-0.2, -0.15) is 17.4 Å². The van der Waals surface area contributed by atoms with Crippen molar-refractivity contribution in [2.45, 2.75) is 18.9 Å². The predicted molar refractivity (Wildman–Crippen MR) is 69.7 cm³/mol. The third kappa shape index (κ3) is 3.31. The van der Waals surface area contributed by atoms with Crippen LogP contribution >= 0.6 is 0 Å². The number of aliphatic carboxylic acids is 1. The quantitative estimate of drug-likeness (QED) is 0.835. The summed E-state index contributed by atoms with van der Waals surface area (Å²) in [4.78, 5) is 11.2. The average molecular weight is 284 g/mol. The van der Waals surface area contributed by atoms with Crippen LogP contribution in [0.15, 0.2) is 30.3 Å². The Morgan fingerprint density at radius 2 is 1.79 bits per heavy atom. The number of rotatable bonds is 5. The molecule has 0 aliphatic carbocycles. The lowest BCUT2D eigenvalue weighted by molar-refractivity contribution is -0.139. The molecule has 1 atom stereocenters. The maximum absolute atomic E-state index is 12.1. The largest absolute Gasteiger partial charge is 0.480 e. The Hall–Kier alpha value is -1.44. The van der Waals surface area contributed by atoms with Gasteiger partial charge in [-0.15, -0.1) is 0 Å².